The van der Waals surface area contributed by atoms with Crippen LogP contribution >= 0.6 is 11.6 Å². The first kappa shape index (κ1) is 15.2. The zero-order valence-corrected chi connectivity index (χ0v) is 14.3. The van der Waals surface area contributed by atoms with Crippen LogP contribution in [0.2, 0.25) is 5.02 Å². The van der Waals surface area contributed by atoms with Gasteiger partial charge in [0, 0.05) is 12.6 Å². The molecule has 2 bridgehead atoms. The van der Waals surface area contributed by atoms with E-state index in [-0.39, 0.29) is 0 Å². The first-order chi connectivity index (χ1) is 9.87. The maximum absolute atomic E-state index is 6.22. The fourth-order valence-electron chi connectivity index (χ4n) is 4.85. The summed E-state index contributed by atoms with van der Waals surface area (Å²) in [7, 11) is 1.65. The highest BCUT2D eigenvalue weighted by Crippen LogP contribution is 2.62. The van der Waals surface area contributed by atoms with E-state index in [9.17, 15) is 0 Å². The number of rotatable bonds is 4. The van der Waals surface area contributed by atoms with Gasteiger partial charge in [0.05, 0.1) is 12.1 Å². The lowest BCUT2D eigenvalue weighted by atomic mass is 9.68. The molecule has 2 nitrogen and oxygen atoms in total. The minimum absolute atomic E-state index is 0.392. The van der Waals surface area contributed by atoms with E-state index in [0.29, 0.717) is 21.9 Å². The smallest absolute Gasteiger partial charge is 0.137 e. The summed E-state index contributed by atoms with van der Waals surface area (Å²) in [5.74, 6) is 1.62. The molecule has 2 aliphatic rings. The van der Waals surface area contributed by atoms with Crippen molar-refractivity contribution in [2.45, 2.75) is 52.6 Å². The van der Waals surface area contributed by atoms with Crippen molar-refractivity contribution in [2.75, 3.05) is 7.11 Å². The van der Waals surface area contributed by atoms with Crippen molar-refractivity contribution in [1.82, 2.24) is 5.32 Å². The van der Waals surface area contributed by atoms with Gasteiger partial charge in [-0.2, -0.15) is 0 Å². The average Bonchev–Trinajstić information content (AvgIpc) is 2.89. The van der Waals surface area contributed by atoms with Crippen LogP contribution in [0.25, 0.3) is 0 Å². The number of fused-ring (bicyclic) bond motifs is 2. The van der Waals surface area contributed by atoms with Crippen molar-refractivity contribution in [2.24, 2.45) is 16.7 Å². The van der Waals surface area contributed by atoms with Crippen molar-refractivity contribution in [3.63, 3.8) is 0 Å². The zero-order chi connectivity index (χ0) is 15.3. The summed E-state index contributed by atoms with van der Waals surface area (Å²) >= 11 is 6.22. The second-order valence-corrected chi connectivity index (χ2v) is 8.11. The number of hydrogen-bond donors (Lipinski definition) is 1. The van der Waals surface area contributed by atoms with Gasteiger partial charge in [0.2, 0.25) is 0 Å². The Hall–Kier alpha value is -0.730. The third-order valence-electron chi connectivity index (χ3n) is 6.00. The van der Waals surface area contributed by atoms with Gasteiger partial charge in [-0.1, -0.05) is 38.4 Å². The van der Waals surface area contributed by atoms with Gasteiger partial charge in [0.25, 0.3) is 0 Å². The summed E-state index contributed by atoms with van der Waals surface area (Å²) in [4.78, 5) is 0. The molecule has 2 fully saturated rings. The molecule has 1 aromatic rings. The quantitative estimate of drug-likeness (QED) is 0.874. The van der Waals surface area contributed by atoms with E-state index in [1.807, 2.05) is 12.1 Å². The highest BCUT2D eigenvalue weighted by molar-refractivity contribution is 6.32. The Kier molecular flexibility index (Phi) is 3.74. The van der Waals surface area contributed by atoms with Gasteiger partial charge >= 0.3 is 0 Å². The second kappa shape index (κ2) is 5.17. The molecule has 0 radical (unpaired) electrons. The first-order valence-electron chi connectivity index (χ1n) is 7.92. The topological polar surface area (TPSA) is 21.3 Å². The maximum Gasteiger partial charge on any atom is 0.137 e. The summed E-state index contributed by atoms with van der Waals surface area (Å²) in [6.07, 6.45) is 4.14. The van der Waals surface area contributed by atoms with Crippen molar-refractivity contribution < 1.29 is 4.74 Å². The molecule has 3 unspecified atom stereocenters. The molecule has 0 amide bonds. The number of methoxy groups -OCH3 is 1. The Bertz CT molecular complexity index is 537. The summed E-state index contributed by atoms with van der Waals surface area (Å²) in [5.41, 5.74) is 2.08. The van der Waals surface area contributed by atoms with E-state index in [2.05, 4.69) is 32.2 Å². The van der Waals surface area contributed by atoms with Gasteiger partial charge in [-0.15, -0.1) is 0 Å². The Morgan fingerprint density at radius 2 is 2.10 bits per heavy atom. The van der Waals surface area contributed by atoms with Crippen LogP contribution < -0.4 is 10.1 Å². The van der Waals surface area contributed by atoms with Crippen LogP contribution in [0.5, 0.6) is 5.75 Å². The molecule has 0 saturated heterocycles. The Labute approximate surface area is 133 Å². The summed E-state index contributed by atoms with van der Waals surface area (Å²) in [6, 6.07) is 6.65. The Morgan fingerprint density at radius 1 is 1.33 bits per heavy atom. The van der Waals surface area contributed by atoms with Crippen LogP contribution in [-0.2, 0) is 6.54 Å². The SMILES string of the molecule is COc1ccc(CNC2C3(C)CCC(C3)C2(C)C)cc1Cl. The average molecular weight is 308 g/mol. The zero-order valence-electron chi connectivity index (χ0n) is 13.5. The van der Waals surface area contributed by atoms with E-state index in [1.165, 1.54) is 24.8 Å². The lowest BCUT2D eigenvalue weighted by Crippen LogP contribution is -2.49. The van der Waals surface area contributed by atoms with Crippen molar-refractivity contribution in [3.8, 4) is 5.75 Å². The van der Waals surface area contributed by atoms with E-state index in [1.54, 1.807) is 7.11 Å². The molecule has 21 heavy (non-hydrogen) atoms. The van der Waals surface area contributed by atoms with E-state index in [0.717, 1.165) is 18.2 Å². The molecule has 0 spiro atoms. The molecule has 3 heteroatoms. The normalized spacial score (nSPS) is 33.4. The van der Waals surface area contributed by atoms with Gasteiger partial charge in [-0.25, -0.2) is 0 Å². The van der Waals surface area contributed by atoms with Crippen LogP contribution in [-0.4, -0.2) is 13.2 Å². The van der Waals surface area contributed by atoms with Crippen molar-refractivity contribution >= 4 is 11.6 Å². The highest BCUT2D eigenvalue weighted by atomic mass is 35.5. The Morgan fingerprint density at radius 3 is 2.67 bits per heavy atom. The number of halogens is 1. The van der Waals surface area contributed by atoms with E-state index < -0.39 is 0 Å². The van der Waals surface area contributed by atoms with Gasteiger partial charge in [-0.05, 0) is 53.7 Å². The Balaban J connectivity index is 1.72. The molecule has 2 aliphatic carbocycles. The predicted octanol–water partition coefficient (Wildman–Crippen LogP) is 4.65. The molecule has 0 aliphatic heterocycles. The summed E-state index contributed by atoms with van der Waals surface area (Å²) < 4.78 is 5.21. The van der Waals surface area contributed by atoms with Gasteiger partial charge < -0.3 is 10.1 Å². The lowest BCUT2D eigenvalue weighted by Gasteiger charge is -2.43. The van der Waals surface area contributed by atoms with Crippen molar-refractivity contribution in [1.29, 1.82) is 0 Å². The predicted molar refractivity (Wildman–Crippen MR) is 87.9 cm³/mol. The largest absolute Gasteiger partial charge is 0.495 e. The van der Waals surface area contributed by atoms with Gasteiger partial charge in [-0.3, -0.25) is 0 Å². The molecule has 116 valence electrons. The number of ether oxygens (including phenoxy) is 1. The third kappa shape index (κ3) is 2.47. The van der Waals surface area contributed by atoms with E-state index in [4.69, 9.17) is 16.3 Å². The summed E-state index contributed by atoms with van der Waals surface area (Å²) in [6.45, 7) is 8.20. The van der Waals surface area contributed by atoms with Crippen LogP contribution in [0.3, 0.4) is 0 Å². The van der Waals surface area contributed by atoms with Gasteiger partial charge in [0.1, 0.15) is 5.75 Å². The molecule has 0 heterocycles. The van der Waals surface area contributed by atoms with Crippen LogP contribution in [0.1, 0.15) is 45.6 Å². The number of benzene rings is 1. The van der Waals surface area contributed by atoms with Crippen LogP contribution in [0.15, 0.2) is 18.2 Å². The molecule has 1 aromatic carbocycles. The van der Waals surface area contributed by atoms with E-state index >= 15 is 0 Å². The minimum atomic E-state index is 0.392. The van der Waals surface area contributed by atoms with Gasteiger partial charge in [0.15, 0.2) is 0 Å². The molecular weight excluding hydrogens is 282 g/mol. The number of nitrogens with one attached hydrogen (secondary N) is 1. The molecule has 1 N–H and O–H groups in total. The molecule has 2 saturated carbocycles. The maximum atomic E-state index is 6.22. The molecule has 0 aromatic heterocycles. The molecule has 3 rings (SSSR count). The lowest BCUT2D eigenvalue weighted by molar-refractivity contribution is 0.108. The highest BCUT2D eigenvalue weighted by Gasteiger charge is 2.58. The number of hydrogen-bond acceptors (Lipinski definition) is 2. The minimum Gasteiger partial charge on any atom is -0.495 e. The fraction of sp³-hybridized carbons (Fsp3) is 0.667. The fourth-order valence-corrected chi connectivity index (χ4v) is 5.13. The monoisotopic (exact) mass is 307 g/mol. The van der Waals surface area contributed by atoms with Crippen molar-refractivity contribution in [3.05, 3.63) is 28.8 Å². The van der Waals surface area contributed by atoms with Crippen LogP contribution in [0, 0.1) is 16.7 Å². The molecular formula is C18H26ClNO. The standard InChI is InChI=1S/C18H26ClNO/c1-17(2)13-7-8-18(3,10-13)16(17)20-11-12-5-6-15(21-4)14(19)9-12/h5-6,9,13,16,20H,7-8,10-11H2,1-4H3. The van der Waals surface area contributed by atoms with Crippen LogP contribution in [0.4, 0.5) is 0 Å². The second-order valence-electron chi connectivity index (χ2n) is 7.70. The summed E-state index contributed by atoms with van der Waals surface area (Å²) in [5, 5.41) is 4.52. The molecule has 3 atom stereocenters. The first-order valence-corrected chi connectivity index (χ1v) is 8.30. The third-order valence-corrected chi connectivity index (χ3v) is 6.29.